The largest absolute Gasteiger partial charge is 0.411 e. The Bertz CT molecular complexity index is 898. The van der Waals surface area contributed by atoms with E-state index < -0.39 is 6.09 Å². The lowest BCUT2D eigenvalue weighted by molar-refractivity contribution is 0.0877. The van der Waals surface area contributed by atoms with Crippen molar-refractivity contribution in [2.24, 2.45) is 17.4 Å². The van der Waals surface area contributed by atoms with E-state index >= 15 is 0 Å². The van der Waals surface area contributed by atoms with Crippen molar-refractivity contribution < 1.29 is 14.3 Å². The van der Waals surface area contributed by atoms with Crippen LogP contribution in [0.2, 0.25) is 0 Å². The Morgan fingerprint density at radius 1 is 0.931 bits per heavy atom. The topological polar surface area (TPSA) is 108 Å². The van der Waals surface area contributed by atoms with E-state index in [4.69, 9.17) is 16.2 Å². The minimum atomic E-state index is -0.811. The molecule has 0 bridgehead atoms. The lowest BCUT2D eigenvalue weighted by Crippen LogP contribution is -2.23. The van der Waals surface area contributed by atoms with Gasteiger partial charge >= 0.3 is 6.09 Å². The number of nitrogens with zero attached hydrogens (tertiary/aromatic N) is 1. The molecule has 2 fully saturated rings. The molecule has 1 aromatic heterocycles. The van der Waals surface area contributed by atoms with Gasteiger partial charge < -0.3 is 16.2 Å². The lowest BCUT2D eigenvalue weighted by atomic mass is 9.76. The number of aromatic nitrogens is 1. The maximum atomic E-state index is 13.2. The molecule has 0 aliphatic heterocycles. The summed E-state index contributed by atoms with van der Waals surface area (Å²) in [5.74, 6) is 1.56. The molecule has 0 radical (unpaired) electrons. The molecule has 29 heavy (non-hydrogen) atoms. The molecular formula is C23H27N3O3. The molecule has 0 unspecified atom stereocenters. The second-order valence-electron chi connectivity index (χ2n) is 8.12. The van der Waals surface area contributed by atoms with Gasteiger partial charge in [0.15, 0.2) is 5.78 Å². The molecular weight excluding hydrogens is 366 g/mol. The van der Waals surface area contributed by atoms with Crippen molar-refractivity contribution >= 4 is 11.9 Å². The molecule has 0 atom stereocenters. The van der Waals surface area contributed by atoms with E-state index in [9.17, 15) is 9.59 Å². The van der Waals surface area contributed by atoms with E-state index in [1.165, 1.54) is 5.56 Å². The number of carbonyl (C=O) groups excluding carboxylic acids is 2. The fraction of sp³-hybridized carbons (Fsp3) is 0.435. The van der Waals surface area contributed by atoms with E-state index in [1.54, 1.807) is 12.1 Å². The Morgan fingerprint density at radius 3 is 2.17 bits per heavy atom. The summed E-state index contributed by atoms with van der Waals surface area (Å²) in [6.07, 6.45) is 5.13. The zero-order chi connectivity index (χ0) is 20.4. The second kappa shape index (κ2) is 8.33. The lowest BCUT2D eigenvalue weighted by Gasteiger charge is -2.28. The van der Waals surface area contributed by atoms with Crippen molar-refractivity contribution in [3.8, 4) is 5.75 Å². The number of rotatable bonds is 6. The molecule has 1 heterocycles. The van der Waals surface area contributed by atoms with Crippen LogP contribution in [0.25, 0.3) is 0 Å². The Balaban J connectivity index is 1.42. The van der Waals surface area contributed by atoms with E-state index in [2.05, 4.69) is 11.1 Å². The molecule has 6 nitrogen and oxygen atoms in total. The molecule has 2 aliphatic rings. The molecule has 152 valence electrons. The van der Waals surface area contributed by atoms with Gasteiger partial charge in [0.1, 0.15) is 11.4 Å². The number of ether oxygens (including phenoxy) is 1. The van der Waals surface area contributed by atoms with Gasteiger partial charge in [-0.25, -0.2) is 9.78 Å². The first-order chi connectivity index (χ1) is 14.0. The summed E-state index contributed by atoms with van der Waals surface area (Å²) >= 11 is 0. The molecule has 1 amide bonds. The van der Waals surface area contributed by atoms with Gasteiger partial charge in [0.05, 0.1) is 5.69 Å². The van der Waals surface area contributed by atoms with E-state index in [-0.39, 0.29) is 11.7 Å². The number of nitrogens with two attached hydrogens (primary N) is 2. The average Bonchev–Trinajstić information content (AvgIpc) is 3.58. The average molecular weight is 393 g/mol. The van der Waals surface area contributed by atoms with Crippen LogP contribution >= 0.6 is 0 Å². The quantitative estimate of drug-likeness (QED) is 0.720. The molecule has 2 saturated carbocycles. The molecule has 1 aromatic carbocycles. The number of Topliss-reactive ketones (excluding diaryl/α,β-unsaturated/α-hetero) is 1. The minimum Gasteiger partial charge on any atom is -0.411 e. The zero-order valence-corrected chi connectivity index (χ0v) is 16.5. The van der Waals surface area contributed by atoms with Gasteiger partial charge in [0.25, 0.3) is 0 Å². The van der Waals surface area contributed by atoms with Crippen molar-refractivity contribution in [1.82, 2.24) is 4.98 Å². The summed E-state index contributed by atoms with van der Waals surface area (Å²) in [6.45, 7) is 0.355. The summed E-state index contributed by atoms with van der Waals surface area (Å²) in [7, 11) is 0. The maximum Gasteiger partial charge on any atom is 0.409 e. The van der Waals surface area contributed by atoms with Gasteiger partial charge in [0.2, 0.25) is 0 Å². The minimum absolute atomic E-state index is 0.0294. The number of carbonyl (C=O) groups is 2. The van der Waals surface area contributed by atoms with Crippen LogP contribution in [0.15, 0.2) is 36.4 Å². The summed E-state index contributed by atoms with van der Waals surface area (Å²) in [5.41, 5.74) is 14.5. The summed E-state index contributed by atoms with van der Waals surface area (Å²) in [5, 5.41) is 0. The smallest absolute Gasteiger partial charge is 0.409 e. The fourth-order valence-electron chi connectivity index (χ4n) is 4.35. The number of hydrogen-bond donors (Lipinski definition) is 2. The van der Waals surface area contributed by atoms with Gasteiger partial charge in [-0.3, -0.25) is 4.79 Å². The number of hydrogen-bond acceptors (Lipinski definition) is 5. The van der Waals surface area contributed by atoms with Crippen LogP contribution in [0.1, 0.15) is 77.7 Å². The first-order valence-electron chi connectivity index (χ1n) is 10.4. The monoisotopic (exact) mass is 393 g/mol. The predicted molar refractivity (Wildman–Crippen MR) is 110 cm³/mol. The molecule has 2 aromatic rings. The van der Waals surface area contributed by atoms with E-state index in [1.807, 2.05) is 18.2 Å². The van der Waals surface area contributed by atoms with Crippen molar-refractivity contribution in [1.29, 1.82) is 0 Å². The van der Waals surface area contributed by atoms with Crippen LogP contribution in [0.3, 0.4) is 0 Å². The van der Waals surface area contributed by atoms with E-state index in [0.29, 0.717) is 29.8 Å². The molecule has 0 spiro atoms. The number of amides is 1. The van der Waals surface area contributed by atoms with Gasteiger partial charge in [-0.05, 0) is 79.7 Å². The number of benzene rings is 1. The molecule has 0 saturated heterocycles. The number of pyridine rings is 1. The summed E-state index contributed by atoms with van der Waals surface area (Å²) in [6, 6.07) is 11.5. The van der Waals surface area contributed by atoms with Crippen molar-refractivity contribution in [3.05, 3.63) is 58.9 Å². The SMILES string of the molecule is NCc1ccc(C2CC2)c(C(=O)C2CCC(c3ccc(OC(N)=O)cc3)CC2)n1. The van der Waals surface area contributed by atoms with Gasteiger partial charge in [-0.15, -0.1) is 0 Å². The third-order valence-electron chi connectivity index (χ3n) is 6.11. The first-order valence-corrected chi connectivity index (χ1v) is 10.4. The highest BCUT2D eigenvalue weighted by molar-refractivity contribution is 5.97. The van der Waals surface area contributed by atoms with E-state index in [0.717, 1.165) is 49.8 Å². The van der Waals surface area contributed by atoms with Crippen LogP contribution in [0.4, 0.5) is 4.79 Å². The fourth-order valence-corrected chi connectivity index (χ4v) is 4.35. The molecule has 4 rings (SSSR count). The second-order valence-corrected chi connectivity index (χ2v) is 8.12. The highest BCUT2D eigenvalue weighted by Crippen LogP contribution is 2.43. The van der Waals surface area contributed by atoms with Crippen LogP contribution in [0.5, 0.6) is 5.75 Å². The van der Waals surface area contributed by atoms with Crippen LogP contribution in [-0.4, -0.2) is 16.9 Å². The van der Waals surface area contributed by atoms with Crippen LogP contribution in [-0.2, 0) is 6.54 Å². The number of ketones is 1. The third-order valence-corrected chi connectivity index (χ3v) is 6.11. The Morgan fingerprint density at radius 2 is 1.59 bits per heavy atom. The third kappa shape index (κ3) is 4.48. The van der Waals surface area contributed by atoms with Gasteiger partial charge in [-0.2, -0.15) is 0 Å². The predicted octanol–water partition coefficient (Wildman–Crippen LogP) is 4.03. The van der Waals surface area contributed by atoms with Crippen LogP contribution < -0.4 is 16.2 Å². The molecule has 4 N–H and O–H groups in total. The maximum absolute atomic E-state index is 13.2. The highest BCUT2D eigenvalue weighted by Gasteiger charge is 2.33. The zero-order valence-electron chi connectivity index (χ0n) is 16.5. The standard InChI is InChI=1S/C23H27N3O3/c24-13-18-9-12-20(16-3-4-16)21(26-18)22(27)17-5-1-14(2-6-17)15-7-10-19(11-8-15)29-23(25)28/h7-12,14,16-17H,1-6,13,24H2,(H2,25,28). The summed E-state index contributed by atoms with van der Waals surface area (Å²) < 4.78 is 4.89. The Hall–Kier alpha value is -2.73. The van der Waals surface area contributed by atoms with Crippen molar-refractivity contribution in [2.45, 2.75) is 56.9 Å². The number of primary amides is 1. The molecule has 2 aliphatic carbocycles. The Kier molecular flexibility index (Phi) is 5.62. The molecule has 6 heteroatoms. The Labute approximate surface area is 170 Å². The first kappa shape index (κ1) is 19.6. The van der Waals surface area contributed by atoms with Crippen molar-refractivity contribution in [2.75, 3.05) is 0 Å². The normalized spacial score (nSPS) is 21.6. The van der Waals surface area contributed by atoms with Crippen molar-refractivity contribution in [3.63, 3.8) is 0 Å². The van der Waals surface area contributed by atoms with Crippen LogP contribution in [0, 0.1) is 5.92 Å². The van der Waals surface area contributed by atoms with Gasteiger partial charge in [0, 0.05) is 12.5 Å². The van der Waals surface area contributed by atoms with Gasteiger partial charge in [-0.1, -0.05) is 18.2 Å². The summed E-state index contributed by atoms with van der Waals surface area (Å²) in [4.78, 5) is 28.7. The highest BCUT2D eigenvalue weighted by atomic mass is 16.5.